The molecule has 0 saturated carbocycles. The van der Waals surface area contributed by atoms with Crippen molar-refractivity contribution in [2.75, 3.05) is 19.0 Å². The lowest BCUT2D eigenvalue weighted by Crippen LogP contribution is -2.09. The van der Waals surface area contributed by atoms with Gasteiger partial charge in [-0.25, -0.2) is 0 Å². The van der Waals surface area contributed by atoms with Gasteiger partial charge in [0.05, 0.1) is 0 Å². The Hall–Kier alpha value is -1.05. The minimum atomic E-state index is 1.11. The first-order valence-corrected chi connectivity index (χ1v) is 5.86. The molecule has 0 bridgehead atoms. The Kier molecular flexibility index (Phi) is 5.16. The molecule has 0 aliphatic heterocycles. The lowest BCUT2D eigenvalue weighted by molar-refractivity contribution is 0.660. The van der Waals surface area contributed by atoms with Crippen molar-refractivity contribution in [3.63, 3.8) is 0 Å². The zero-order chi connectivity index (χ0) is 11.1. The van der Waals surface area contributed by atoms with Crippen molar-refractivity contribution in [2.24, 2.45) is 0 Å². The average molecular weight is 206 g/mol. The Bertz CT molecular complexity index is 282. The van der Waals surface area contributed by atoms with Gasteiger partial charge >= 0.3 is 0 Å². The normalized spacial score (nSPS) is 10.3. The van der Waals surface area contributed by atoms with E-state index in [1.165, 1.54) is 37.1 Å². The van der Waals surface area contributed by atoms with Gasteiger partial charge < -0.3 is 4.90 Å². The molecule has 15 heavy (non-hydrogen) atoms. The van der Waals surface area contributed by atoms with Crippen molar-refractivity contribution in [3.05, 3.63) is 24.0 Å². The maximum atomic E-state index is 4.39. The fourth-order valence-corrected chi connectivity index (χ4v) is 1.61. The number of anilines is 1. The van der Waals surface area contributed by atoms with E-state index in [0.29, 0.717) is 0 Å². The lowest BCUT2D eigenvalue weighted by atomic mass is 10.1. The van der Waals surface area contributed by atoms with Gasteiger partial charge in [-0.2, -0.15) is 0 Å². The topological polar surface area (TPSA) is 16.1 Å². The van der Waals surface area contributed by atoms with Crippen LogP contribution in [0.3, 0.4) is 0 Å². The first-order valence-electron chi connectivity index (χ1n) is 5.86. The van der Waals surface area contributed by atoms with Crippen LogP contribution < -0.4 is 4.90 Å². The zero-order valence-electron chi connectivity index (χ0n) is 10.2. The van der Waals surface area contributed by atoms with Crippen LogP contribution in [0, 0.1) is 0 Å². The third-order valence-corrected chi connectivity index (χ3v) is 2.60. The number of pyridine rings is 1. The molecule has 0 aromatic carbocycles. The summed E-state index contributed by atoms with van der Waals surface area (Å²) in [6, 6.07) is 4.24. The molecule has 0 fully saturated rings. The van der Waals surface area contributed by atoms with E-state index in [2.05, 4.69) is 43.0 Å². The van der Waals surface area contributed by atoms with Crippen molar-refractivity contribution in [1.29, 1.82) is 0 Å². The molecule has 84 valence electrons. The van der Waals surface area contributed by atoms with Crippen molar-refractivity contribution < 1.29 is 0 Å². The van der Waals surface area contributed by atoms with Crippen molar-refractivity contribution in [2.45, 2.75) is 39.0 Å². The number of hydrogen-bond acceptors (Lipinski definition) is 2. The van der Waals surface area contributed by atoms with E-state index in [1.807, 2.05) is 6.20 Å². The Balaban J connectivity index is 2.43. The number of aryl methyl sites for hydroxylation is 1. The number of unbranched alkanes of at least 4 members (excludes halogenated alkanes) is 3. The third-order valence-electron chi connectivity index (χ3n) is 2.60. The second-order valence-corrected chi connectivity index (χ2v) is 4.21. The molecule has 0 saturated heterocycles. The summed E-state index contributed by atoms with van der Waals surface area (Å²) in [5.41, 5.74) is 2.47. The molecule has 0 atom stereocenters. The quantitative estimate of drug-likeness (QED) is 0.664. The Morgan fingerprint density at radius 2 is 2.00 bits per heavy atom. The molecule has 0 spiro atoms. The van der Waals surface area contributed by atoms with E-state index in [0.717, 1.165) is 6.42 Å². The molecule has 1 heterocycles. The van der Waals surface area contributed by atoms with Crippen LogP contribution in [-0.2, 0) is 6.42 Å². The summed E-state index contributed by atoms with van der Waals surface area (Å²) in [6.07, 6.45) is 8.24. The van der Waals surface area contributed by atoms with Crippen LogP contribution in [0.15, 0.2) is 18.3 Å². The summed E-state index contributed by atoms with van der Waals surface area (Å²) in [7, 11) is 4.13. The van der Waals surface area contributed by atoms with Gasteiger partial charge in [-0.1, -0.05) is 26.2 Å². The van der Waals surface area contributed by atoms with Gasteiger partial charge in [-0.15, -0.1) is 0 Å². The minimum Gasteiger partial charge on any atom is -0.378 e. The monoisotopic (exact) mass is 206 g/mol. The third kappa shape index (κ3) is 4.32. The maximum absolute atomic E-state index is 4.39. The highest BCUT2D eigenvalue weighted by molar-refractivity contribution is 5.44. The van der Waals surface area contributed by atoms with Crippen LogP contribution in [-0.4, -0.2) is 19.1 Å². The molecule has 1 aromatic rings. The van der Waals surface area contributed by atoms with Crippen molar-refractivity contribution in [3.8, 4) is 0 Å². The van der Waals surface area contributed by atoms with Crippen molar-refractivity contribution in [1.82, 2.24) is 4.98 Å². The largest absolute Gasteiger partial charge is 0.378 e. The summed E-state index contributed by atoms with van der Waals surface area (Å²) in [6.45, 7) is 2.24. The van der Waals surface area contributed by atoms with E-state index in [1.54, 1.807) is 0 Å². The maximum Gasteiger partial charge on any atom is 0.0424 e. The van der Waals surface area contributed by atoms with Gasteiger partial charge in [0.1, 0.15) is 0 Å². The predicted octanol–water partition coefficient (Wildman–Crippen LogP) is 3.27. The number of hydrogen-bond donors (Lipinski definition) is 0. The standard InChI is InChI=1S/C13H22N2/c1-4-5-6-7-8-12-11-13(15(2)3)9-10-14-12/h9-11H,4-8H2,1-3H3. The molecule has 0 unspecified atom stereocenters. The highest BCUT2D eigenvalue weighted by Crippen LogP contribution is 2.13. The lowest BCUT2D eigenvalue weighted by Gasteiger charge is -2.12. The van der Waals surface area contributed by atoms with Gasteiger partial charge in [0, 0.05) is 31.7 Å². The van der Waals surface area contributed by atoms with E-state index < -0.39 is 0 Å². The fourth-order valence-electron chi connectivity index (χ4n) is 1.61. The van der Waals surface area contributed by atoms with E-state index in [9.17, 15) is 0 Å². The van der Waals surface area contributed by atoms with E-state index in [4.69, 9.17) is 0 Å². The van der Waals surface area contributed by atoms with Gasteiger partial charge in [0.15, 0.2) is 0 Å². The molecule has 2 heteroatoms. The fraction of sp³-hybridized carbons (Fsp3) is 0.615. The van der Waals surface area contributed by atoms with Crippen LogP contribution in [0.2, 0.25) is 0 Å². The highest BCUT2D eigenvalue weighted by atomic mass is 15.1. The first-order chi connectivity index (χ1) is 7.24. The van der Waals surface area contributed by atoms with Crippen LogP contribution >= 0.6 is 0 Å². The van der Waals surface area contributed by atoms with Crippen LogP contribution in [0.5, 0.6) is 0 Å². The summed E-state index contributed by atoms with van der Waals surface area (Å²) in [5.74, 6) is 0. The first kappa shape index (κ1) is 12.0. The average Bonchev–Trinajstić information content (AvgIpc) is 2.25. The number of nitrogens with zero attached hydrogens (tertiary/aromatic N) is 2. The van der Waals surface area contributed by atoms with Crippen LogP contribution in [0.1, 0.15) is 38.3 Å². The molecular formula is C13H22N2. The second-order valence-electron chi connectivity index (χ2n) is 4.21. The zero-order valence-corrected chi connectivity index (χ0v) is 10.2. The Morgan fingerprint density at radius 3 is 2.67 bits per heavy atom. The molecule has 0 amide bonds. The molecule has 1 rings (SSSR count). The van der Waals surface area contributed by atoms with E-state index >= 15 is 0 Å². The summed E-state index contributed by atoms with van der Waals surface area (Å²) in [4.78, 5) is 6.52. The molecule has 2 nitrogen and oxygen atoms in total. The van der Waals surface area contributed by atoms with Gasteiger partial charge in [0.25, 0.3) is 0 Å². The number of aromatic nitrogens is 1. The second kappa shape index (κ2) is 6.44. The summed E-state index contributed by atoms with van der Waals surface area (Å²) in [5, 5.41) is 0. The van der Waals surface area contributed by atoms with Crippen molar-refractivity contribution >= 4 is 5.69 Å². The molecule has 0 radical (unpaired) electrons. The Morgan fingerprint density at radius 1 is 1.20 bits per heavy atom. The SMILES string of the molecule is CCCCCCc1cc(N(C)C)ccn1. The predicted molar refractivity (Wildman–Crippen MR) is 66.4 cm³/mol. The summed E-state index contributed by atoms with van der Waals surface area (Å²) >= 11 is 0. The molecule has 0 aliphatic rings. The van der Waals surface area contributed by atoms with Crippen LogP contribution in [0.25, 0.3) is 0 Å². The minimum absolute atomic E-state index is 1.11. The molecule has 1 aromatic heterocycles. The molecule has 0 N–H and O–H groups in total. The molecule has 0 aliphatic carbocycles. The van der Waals surface area contributed by atoms with Crippen LogP contribution in [0.4, 0.5) is 5.69 Å². The number of rotatable bonds is 6. The highest BCUT2D eigenvalue weighted by Gasteiger charge is 1.98. The Labute approximate surface area is 93.3 Å². The van der Waals surface area contributed by atoms with E-state index in [-0.39, 0.29) is 0 Å². The summed E-state index contributed by atoms with van der Waals surface area (Å²) < 4.78 is 0. The van der Waals surface area contributed by atoms with Gasteiger partial charge in [0.2, 0.25) is 0 Å². The molecular weight excluding hydrogens is 184 g/mol. The van der Waals surface area contributed by atoms with Gasteiger partial charge in [-0.3, -0.25) is 4.98 Å². The van der Waals surface area contributed by atoms with Gasteiger partial charge in [-0.05, 0) is 25.0 Å². The smallest absolute Gasteiger partial charge is 0.0424 e.